The molecule has 1 saturated heterocycles. The Balaban J connectivity index is 1.74. The van der Waals surface area contributed by atoms with E-state index < -0.39 is 32.7 Å². The van der Waals surface area contributed by atoms with Crippen molar-refractivity contribution in [3.8, 4) is 0 Å². The maximum atomic E-state index is 14.0. The van der Waals surface area contributed by atoms with Gasteiger partial charge in [0.15, 0.2) is 5.78 Å². The molecule has 8 heteroatoms. The number of amides is 1. The number of fused-ring (bicyclic) bond motifs is 1. The van der Waals surface area contributed by atoms with Gasteiger partial charge in [-0.1, -0.05) is 41.9 Å². The summed E-state index contributed by atoms with van der Waals surface area (Å²) in [5.41, 5.74) is -2.54. The van der Waals surface area contributed by atoms with E-state index in [1.807, 2.05) is 13.8 Å². The lowest BCUT2D eigenvalue weighted by molar-refractivity contribution is -0.167. The zero-order valence-corrected chi connectivity index (χ0v) is 21.4. The summed E-state index contributed by atoms with van der Waals surface area (Å²) in [5, 5.41) is 0. The van der Waals surface area contributed by atoms with Crippen molar-refractivity contribution in [1.29, 1.82) is 0 Å². The van der Waals surface area contributed by atoms with Gasteiger partial charge in [-0.3, -0.25) is 14.4 Å². The summed E-state index contributed by atoms with van der Waals surface area (Å²) in [6.45, 7) is 6.78. The SMILES string of the molecule is CC(=O)[C@@](C)(CC(=O)c1ccc(Br)cc1)C(=O)N1C23CC(CCC(C2)C3(C)C)CS1(=O)=O. The van der Waals surface area contributed by atoms with Gasteiger partial charge in [0.1, 0.15) is 11.2 Å². The highest BCUT2D eigenvalue weighted by Gasteiger charge is 2.71. The molecule has 1 aromatic rings. The highest BCUT2D eigenvalue weighted by molar-refractivity contribution is 9.10. The number of sulfonamides is 1. The van der Waals surface area contributed by atoms with E-state index in [2.05, 4.69) is 15.9 Å². The molecule has 4 aliphatic rings. The minimum absolute atomic E-state index is 0.0313. The minimum Gasteiger partial charge on any atom is -0.299 e. The molecule has 1 aliphatic heterocycles. The van der Waals surface area contributed by atoms with Crippen LogP contribution >= 0.6 is 15.9 Å². The maximum Gasteiger partial charge on any atom is 0.250 e. The molecule has 1 amide bonds. The number of hydrogen-bond donors (Lipinski definition) is 0. The van der Waals surface area contributed by atoms with Gasteiger partial charge in [0.25, 0.3) is 0 Å². The van der Waals surface area contributed by atoms with Gasteiger partial charge in [0, 0.05) is 16.5 Å². The second-order valence-electron chi connectivity index (χ2n) is 10.6. The lowest BCUT2D eigenvalue weighted by atomic mass is 9.48. The highest BCUT2D eigenvalue weighted by Crippen LogP contribution is 2.66. The minimum atomic E-state index is -3.91. The molecule has 3 unspecified atom stereocenters. The number of carbonyl (C=O) groups excluding carboxylic acids is 3. The second-order valence-corrected chi connectivity index (χ2v) is 13.4. The zero-order chi connectivity index (χ0) is 23.7. The van der Waals surface area contributed by atoms with E-state index in [-0.39, 0.29) is 29.3 Å². The molecular formula is C24H30BrNO5S. The smallest absolute Gasteiger partial charge is 0.250 e. The molecule has 4 fully saturated rings. The molecule has 5 rings (SSSR count). The number of carbonyl (C=O) groups is 3. The summed E-state index contributed by atoms with van der Waals surface area (Å²) in [5.74, 6) is -1.29. The van der Waals surface area contributed by atoms with E-state index in [0.29, 0.717) is 24.3 Å². The molecule has 32 heavy (non-hydrogen) atoms. The fourth-order valence-corrected chi connectivity index (χ4v) is 8.83. The first-order valence-corrected chi connectivity index (χ1v) is 13.5. The van der Waals surface area contributed by atoms with Crippen molar-refractivity contribution >= 4 is 43.4 Å². The van der Waals surface area contributed by atoms with E-state index >= 15 is 0 Å². The number of rotatable bonds is 5. The maximum absolute atomic E-state index is 14.0. The van der Waals surface area contributed by atoms with E-state index in [0.717, 1.165) is 21.6 Å². The standard InChI is InChI=1S/C24H30BrNO5S/c1-15(27)23(4,13-20(28)17-6-9-19(25)10-7-17)21(29)26-24-11-16(14-32(26,30)31)5-8-18(12-24)22(24,2)3/h6-7,9-10,16,18H,5,8,11-14H2,1-4H3/t16?,18?,23-,24?/m1/s1. The van der Waals surface area contributed by atoms with Gasteiger partial charge in [-0.15, -0.1) is 0 Å². The lowest BCUT2D eigenvalue weighted by Gasteiger charge is -2.66. The van der Waals surface area contributed by atoms with Crippen LogP contribution in [0, 0.1) is 22.7 Å². The largest absolute Gasteiger partial charge is 0.299 e. The second kappa shape index (κ2) is 7.49. The van der Waals surface area contributed by atoms with Crippen molar-refractivity contribution in [1.82, 2.24) is 4.31 Å². The van der Waals surface area contributed by atoms with Gasteiger partial charge in [-0.2, -0.15) is 0 Å². The van der Waals surface area contributed by atoms with Crippen LogP contribution in [0.15, 0.2) is 28.7 Å². The number of benzene rings is 1. The van der Waals surface area contributed by atoms with Gasteiger partial charge in [0.05, 0.1) is 11.3 Å². The van der Waals surface area contributed by atoms with Crippen LogP contribution in [0.1, 0.15) is 70.2 Å². The van der Waals surface area contributed by atoms with Gasteiger partial charge < -0.3 is 0 Å². The molecule has 0 N–H and O–H groups in total. The Morgan fingerprint density at radius 1 is 1.12 bits per heavy atom. The molecule has 3 saturated carbocycles. The van der Waals surface area contributed by atoms with Gasteiger partial charge in [-0.05, 0) is 68.9 Å². The molecule has 1 heterocycles. The quantitative estimate of drug-likeness (QED) is 0.422. The van der Waals surface area contributed by atoms with Crippen LogP contribution < -0.4 is 0 Å². The molecule has 0 aromatic heterocycles. The first kappa shape index (κ1) is 23.6. The molecule has 174 valence electrons. The average Bonchev–Trinajstić information content (AvgIpc) is 2.91. The van der Waals surface area contributed by atoms with E-state index in [9.17, 15) is 22.8 Å². The Labute approximate surface area is 198 Å². The fourth-order valence-electron chi connectivity index (χ4n) is 6.16. The number of ketones is 2. The molecule has 0 radical (unpaired) electrons. The average molecular weight is 524 g/mol. The lowest BCUT2D eigenvalue weighted by Crippen LogP contribution is -2.74. The van der Waals surface area contributed by atoms with Crippen molar-refractivity contribution in [2.75, 3.05) is 5.75 Å². The first-order valence-electron chi connectivity index (χ1n) is 11.1. The Bertz CT molecular complexity index is 1100. The monoisotopic (exact) mass is 523 g/mol. The summed E-state index contributed by atoms with van der Waals surface area (Å²) < 4.78 is 28.8. The van der Waals surface area contributed by atoms with Crippen molar-refractivity contribution in [2.24, 2.45) is 22.7 Å². The summed E-state index contributed by atoms with van der Waals surface area (Å²) in [4.78, 5) is 39.8. The predicted molar refractivity (Wildman–Crippen MR) is 124 cm³/mol. The predicted octanol–water partition coefficient (Wildman–Crippen LogP) is 4.37. The molecular weight excluding hydrogens is 494 g/mol. The molecule has 3 aliphatic carbocycles. The van der Waals surface area contributed by atoms with E-state index in [1.165, 1.54) is 13.8 Å². The highest BCUT2D eigenvalue weighted by atomic mass is 79.9. The Morgan fingerprint density at radius 2 is 1.75 bits per heavy atom. The molecule has 1 aromatic carbocycles. The molecule has 4 atom stereocenters. The summed E-state index contributed by atoms with van der Waals surface area (Å²) in [6, 6.07) is 6.69. The molecule has 6 nitrogen and oxygen atoms in total. The third-order valence-electron chi connectivity index (χ3n) is 8.58. The third-order valence-corrected chi connectivity index (χ3v) is 11.1. The molecule has 3 bridgehead atoms. The first-order chi connectivity index (χ1) is 14.7. The summed E-state index contributed by atoms with van der Waals surface area (Å²) in [7, 11) is -3.91. The van der Waals surface area contributed by atoms with Crippen LogP contribution in [0.2, 0.25) is 0 Å². The van der Waals surface area contributed by atoms with Gasteiger partial charge in [0.2, 0.25) is 15.9 Å². The van der Waals surface area contributed by atoms with E-state index in [1.54, 1.807) is 24.3 Å². The van der Waals surface area contributed by atoms with Gasteiger partial charge >= 0.3 is 0 Å². The topological polar surface area (TPSA) is 88.6 Å². The number of Topliss-reactive ketones (excluding diaryl/α,β-unsaturated/α-hetero) is 2. The Morgan fingerprint density at radius 3 is 2.31 bits per heavy atom. The van der Waals surface area contributed by atoms with Crippen LogP contribution in [0.5, 0.6) is 0 Å². The van der Waals surface area contributed by atoms with Crippen molar-refractivity contribution in [3.63, 3.8) is 0 Å². The van der Waals surface area contributed by atoms with Crippen LogP contribution in [-0.2, 0) is 19.6 Å². The zero-order valence-electron chi connectivity index (χ0n) is 19.0. The van der Waals surface area contributed by atoms with Gasteiger partial charge in [-0.25, -0.2) is 12.7 Å². The Kier molecular flexibility index (Phi) is 5.52. The van der Waals surface area contributed by atoms with Crippen LogP contribution in [-0.4, -0.2) is 41.5 Å². The van der Waals surface area contributed by atoms with Crippen LogP contribution in [0.4, 0.5) is 0 Å². The number of nitrogens with zero attached hydrogens (tertiary/aromatic N) is 1. The number of halogens is 1. The van der Waals surface area contributed by atoms with Crippen molar-refractivity contribution < 1.29 is 22.8 Å². The summed E-state index contributed by atoms with van der Waals surface area (Å²) >= 11 is 3.33. The fraction of sp³-hybridized carbons (Fsp3) is 0.625. The van der Waals surface area contributed by atoms with E-state index in [4.69, 9.17) is 0 Å². The van der Waals surface area contributed by atoms with Crippen molar-refractivity contribution in [3.05, 3.63) is 34.3 Å². The Hall–Kier alpha value is -1.54. The van der Waals surface area contributed by atoms with Crippen molar-refractivity contribution in [2.45, 2.75) is 65.3 Å². The van der Waals surface area contributed by atoms with Crippen LogP contribution in [0.25, 0.3) is 0 Å². The van der Waals surface area contributed by atoms with Crippen LogP contribution in [0.3, 0.4) is 0 Å². The number of hydrogen-bond acceptors (Lipinski definition) is 5. The normalized spacial score (nSPS) is 31.6. The molecule has 1 spiro atoms. The summed E-state index contributed by atoms with van der Waals surface area (Å²) in [6.07, 6.45) is 2.72. The third kappa shape index (κ3) is 3.31.